The van der Waals surface area contributed by atoms with Crippen molar-refractivity contribution in [2.24, 2.45) is 0 Å². The van der Waals surface area contributed by atoms with Gasteiger partial charge in [0.25, 0.3) is 0 Å². The number of rotatable bonds is 5. The minimum Gasteiger partial charge on any atom is -0.293 e. The molecule has 1 aromatic carbocycles. The summed E-state index contributed by atoms with van der Waals surface area (Å²) < 4.78 is 0. The first-order valence-electron chi connectivity index (χ1n) is 6.40. The van der Waals surface area contributed by atoms with Crippen LogP contribution in [0.15, 0.2) is 24.3 Å². The van der Waals surface area contributed by atoms with Gasteiger partial charge in [0.15, 0.2) is 0 Å². The molecule has 0 aliphatic heterocycles. The molecule has 100 valence electrons. The smallest absolute Gasteiger partial charge is 0.293 e. The largest absolute Gasteiger partial charge is 0.373 e. The molecule has 0 N–H and O–H groups in total. The maximum Gasteiger partial charge on any atom is 0.373 e. The molecule has 18 heavy (non-hydrogen) atoms. The Balaban J connectivity index is 2.74. The molecular weight excluding hydrogens is 228 g/mol. The second kappa shape index (κ2) is 6.55. The third kappa shape index (κ3) is 4.15. The summed E-state index contributed by atoms with van der Waals surface area (Å²) in [5, 5.41) is 0. The summed E-state index contributed by atoms with van der Waals surface area (Å²) in [5.41, 5.74) is 1.44. The highest BCUT2D eigenvalue weighted by atomic mass is 17.2. The van der Waals surface area contributed by atoms with Gasteiger partial charge in [0.2, 0.25) is 0 Å². The maximum atomic E-state index is 11.9. The Bertz CT molecular complexity index is 391. The van der Waals surface area contributed by atoms with E-state index in [0.717, 1.165) is 18.4 Å². The van der Waals surface area contributed by atoms with Gasteiger partial charge in [-0.3, -0.25) is 4.89 Å². The number of hydrogen-bond acceptors (Lipinski definition) is 3. The molecule has 0 radical (unpaired) electrons. The van der Waals surface area contributed by atoms with Crippen LogP contribution in [0.5, 0.6) is 0 Å². The zero-order valence-electron chi connectivity index (χ0n) is 11.7. The van der Waals surface area contributed by atoms with Crippen molar-refractivity contribution in [3.05, 3.63) is 35.4 Å². The molecule has 0 aliphatic rings. The van der Waals surface area contributed by atoms with Crippen molar-refractivity contribution in [1.82, 2.24) is 0 Å². The van der Waals surface area contributed by atoms with Gasteiger partial charge in [-0.25, -0.2) is 4.79 Å². The van der Waals surface area contributed by atoms with E-state index < -0.39 is 5.97 Å². The van der Waals surface area contributed by atoms with Gasteiger partial charge >= 0.3 is 5.97 Å². The molecule has 0 amide bonds. The molecule has 3 nitrogen and oxygen atoms in total. The van der Waals surface area contributed by atoms with E-state index in [0.29, 0.717) is 12.2 Å². The molecule has 0 atom stereocenters. The highest BCUT2D eigenvalue weighted by molar-refractivity contribution is 5.91. The zero-order chi connectivity index (χ0) is 13.6. The van der Waals surface area contributed by atoms with Crippen molar-refractivity contribution < 1.29 is 14.6 Å². The number of hydrogen-bond donors (Lipinski definition) is 0. The average molecular weight is 250 g/mol. The van der Waals surface area contributed by atoms with Gasteiger partial charge in [-0.05, 0) is 23.5 Å². The van der Waals surface area contributed by atoms with Gasteiger partial charge in [-0.2, -0.15) is 4.89 Å². The summed E-state index contributed by atoms with van der Waals surface area (Å²) >= 11 is 0. The topological polar surface area (TPSA) is 35.5 Å². The van der Waals surface area contributed by atoms with Gasteiger partial charge in [-0.15, -0.1) is 0 Å². The molecule has 0 unspecified atom stereocenters. The number of carbonyl (C=O) groups excluding carboxylic acids is 1. The normalized spacial score (nSPS) is 11.3. The van der Waals surface area contributed by atoms with E-state index in [-0.39, 0.29) is 5.41 Å². The number of benzene rings is 1. The van der Waals surface area contributed by atoms with E-state index >= 15 is 0 Å². The van der Waals surface area contributed by atoms with Crippen LogP contribution in [0.4, 0.5) is 0 Å². The maximum absolute atomic E-state index is 11.9. The lowest BCUT2D eigenvalue weighted by atomic mass is 9.84. The molecule has 0 saturated heterocycles. The van der Waals surface area contributed by atoms with Crippen LogP contribution in [0.1, 0.15) is 56.5 Å². The predicted octanol–water partition coefficient (Wildman–Crippen LogP) is 3.87. The fourth-order valence-electron chi connectivity index (χ4n) is 1.66. The Kier molecular flexibility index (Phi) is 5.35. The Morgan fingerprint density at radius 2 is 1.89 bits per heavy atom. The van der Waals surface area contributed by atoms with Crippen molar-refractivity contribution in [2.75, 3.05) is 6.61 Å². The second-order valence-electron chi connectivity index (χ2n) is 5.34. The van der Waals surface area contributed by atoms with E-state index in [1.54, 1.807) is 6.07 Å². The monoisotopic (exact) mass is 250 g/mol. The molecule has 0 fully saturated rings. The fourth-order valence-corrected chi connectivity index (χ4v) is 1.66. The van der Waals surface area contributed by atoms with Crippen LogP contribution in [0.25, 0.3) is 0 Å². The standard InChI is InChI=1S/C15H22O3/c1-5-6-11-17-18-14(16)12-9-7-8-10-13(12)15(2,3)4/h7-10H,5-6,11H2,1-4H3. The molecule has 0 heterocycles. The first kappa shape index (κ1) is 14.7. The SMILES string of the molecule is CCCCOOC(=O)c1ccccc1C(C)(C)C. The lowest BCUT2D eigenvalue weighted by Crippen LogP contribution is -2.18. The Morgan fingerprint density at radius 3 is 2.50 bits per heavy atom. The van der Waals surface area contributed by atoms with Crippen LogP contribution in [-0.4, -0.2) is 12.6 Å². The Morgan fingerprint density at radius 1 is 1.22 bits per heavy atom. The van der Waals surface area contributed by atoms with Crippen molar-refractivity contribution in [3.8, 4) is 0 Å². The Hall–Kier alpha value is -1.35. The van der Waals surface area contributed by atoms with Crippen molar-refractivity contribution in [3.63, 3.8) is 0 Å². The quantitative estimate of drug-likeness (QED) is 0.452. The van der Waals surface area contributed by atoms with Gasteiger partial charge in [0.05, 0.1) is 12.2 Å². The molecule has 0 aromatic heterocycles. The van der Waals surface area contributed by atoms with Crippen LogP contribution in [0.2, 0.25) is 0 Å². The first-order chi connectivity index (χ1) is 8.46. The van der Waals surface area contributed by atoms with Crippen molar-refractivity contribution >= 4 is 5.97 Å². The minimum atomic E-state index is -0.420. The fraction of sp³-hybridized carbons (Fsp3) is 0.533. The van der Waals surface area contributed by atoms with Crippen LogP contribution >= 0.6 is 0 Å². The average Bonchev–Trinajstić information content (AvgIpc) is 2.33. The van der Waals surface area contributed by atoms with Gasteiger partial charge in [0, 0.05) is 0 Å². The molecule has 0 aliphatic carbocycles. The van der Waals surface area contributed by atoms with Crippen LogP contribution in [0.3, 0.4) is 0 Å². The molecule has 1 aromatic rings. The van der Waals surface area contributed by atoms with E-state index in [1.807, 2.05) is 18.2 Å². The zero-order valence-corrected chi connectivity index (χ0v) is 11.7. The van der Waals surface area contributed by atoms with Crippen LogP contribution in [-0.2, 0) is 15.2 Å². The Labute approximate surface area is 109 Å². The van der Waals surface area contributed by atoms with Crippen LogP contribution in [0, 0.1) is 0 Å². The molecular formula is C15H22O3. The second-order valence-corrected chi connectivity index (χ2v) is 5.34. The van der Waals surface area contributed by atoms with Crippen LogP contribution < -0.4 is 0 Å². The first-order valence-corrected chi connectivity index (χ1v) is 6.40. The summed E-state index contributed by atoms with van der Waals surface area (Å²) in [4.78, 5) is 21.7. The highest BCUT2D eigenvalue weighted by Gasteiger charge is 2.22. The van der Waals surface area contributed by atoms with Gasteiger partial charge in [0.1, 0.15) is 0 Å². The lowest BCUT2D eigenvalue weighted by Gasteiger charge is -2.21. The van der Waals surface area contributed by atoms with E-state index in [4.69, 9.17) is 9.78 Å². The third-order valence-electron chi connectivity index (χ3n) is 2.67. The molecule has 0 spiro atoms. The summed E-state index contributed by atoms with van der Waals surface area (Å²) in [6, 6.07) is 7.47. The summed E-state index contributed by atoms with van der Waals surface area (Å²) in [6.45, 7) is 8.70. The highest BCUT2D eigenvalue weighted by Crippen LogP contribution is 2.26. The third-order valence-corrected chi connectivity index (χ3v) is 2.67. The number of carbonyl (C=O) groups is 1. The summed E-state index contributed by atoms with van der Waals surface area (Å²) in [7, 11) is 0. The van der Waals surface area contributed by atoms with E-state index in [2.05, 4.69) is 27.7 Å². The summed E-state index contributed by atoms with van der Waals surface area (Å²) in [5.74, 6) is -0.420. The predicted molar refractivity (Wildman–Crippen MR) is 71.4 cm³/mol. The van der Waals surface area contributed by atoms with E-state index in [9.17, 15) is 4.79 Å². The minimum absolute atomic E-state index is 0.0982. The molecule has 3 heteroatoms. The molecule has 0 bridgehead atoms. The molecule has 0 saturated carbocycles. The lowest BCUT2D eigenvalue weighted by molar-refractivity contribution is -0.241. The van der Waals surface area contributed by atoms with Gasteiger partial charge in [-0.1, -0.05) is 52.3 Å². The van der Waals surface area contributed by atoms with Crippen molar-refractivity contribution in [2.45, 2.75) is 46.0 Å². The number of unbranched alkanes of at least 4 members (excludes halogenated alkanes) is 1. The van der Waals surface area contributed by atoms with Crippen molar-refractivity contribution in [1.29, 1.82) is 0 Å². The van der Waals surface area contributed by atoms with Gasteiger partial charge < -0.3 is 0 Å². The van der Waals surface area contributed by atoms with E-state index in [1.165, 1.54) is 0 Å². The molecule has 1 rings (SSSR count). The summed E-state index contributed by atoms with van der Waals surface area (Å²) in [6.07, 6.45) is 1.89.